The lowest BCUT2D eigenvalue weighted by molar-refractivity contribution is 0.118. The van der Waals surface area contributed by atoms with Gasteiger partial charge in [0.2, 0.25) is 5.65 Å². The van der Waals surface area contributed by atoms with Crippen molar-refractivity contribution in [3.8, 4) is 0 Å². The lowest BCUT2D eigenvalue weighted by Gasteiger charge is -2.27. The molecule has 3 rings (SSSR count). The van der Waals surface area contributed by atoms with Gasteiger partial charge in [-0.2, -0.15) is 0 Å². The summed E-state index contributed by atoms with van der Waals surface area (Å²) in [4.78, 5) is 21.4. The van der Waals surface area contributed by atoms with E-state index in [1.807, 2.05) is 52.9 Å². The van der Waals surface area contributed by atoms with Crippen LogP contribution >= 0.6 is 0 Å². The zero-order valence-corrected chi connectivity index (χ0v) is 17.0. The molecular formula is C20H28N6O2. The highest BCUT2D eigenvalue weighted by atomic mass is 16.3. The van der Waals surface area contributed by atoms with Gasteiger partial charge in [-0.15, -0.1) is 5.10 Å². The molecule has 150 valence electrons. The van der Waals surface area contributed by atoms with Gasteiger partial charge < -0.3 is 10.4 Å². The summed E-state index contributed by atoms with van der Waals surface area (Å²) < 4.78 is 1.45. The number of aliphatic hydroxyl groups excluding tert-OH is 1. The first-order valence-electron chi connectivity index (χ1n) is 9.52. The number of hydrogen-bond donors (Lipinski definition) is 3. The van der Waals surface area contributed by atoms with Crippen LogP contribution in [0.4, 0.5) is 5.82 Å². The molecule has 0 saturated carbocycles. The lowest BCUT2D eigenvalue weighted by atomic mass is 9.87. The summed E-state index contributed by atoms with van der Waals surface area (Å²) in [6.45, 7) is 10.5. The smallest absolute Gasteiger partial charge is 0.348 e. The third-order valence-electron chi connectivity index (χ3n) is 4.64. The van der Waals surface area contributed by atoms with E-state index in [0.717, 1.165) is 12.0 Å². The molecule has 0 bridgehead atoms. The standard InChI is InChI=1S/C20H28N6O2/c1-12(2)15(27)14-16(20(3,4)5)23-17(18-24-25-19(28)26(14)18)22-10-8-13-7-6-9-21-11-13/h6-7,9,11-12,15,27H,8,10H2,1-5H3,(H,22,23)(H,25,28). The molecule has 0 radical (unpaired) electrons. The van der Waals surface area contributed by atoms with E-state index in [1.54, 1.807) is 6.20 Å². The van der Waals surface area contributed by atoms with Gasteiger partial charge in [0, 0.05) is 24.4 Å². The van der Waals surface area contributed by atoms with Gasteiger partial charge in [-0.25, -0.2) is 19.3 Å². The second kappa shape index (κ2) is 7.71. The average Bonchev–Trinajstić information content (AvgIpc) is 3.03. The summed E-state index contributed by atoms with van der Waals surface area (Å²) in [5, 5.41) is 20.8. The first-order valence-corrected chi connectivity index (χ1v) is 9.52. The Morgan fingerprint density at radius 2 is 2.07 bits per heavy atom. The van der Waals surface area contributed by atoms with Crippen molar-refractivity contribution in [2.45, 2.75) is 52.6 Å². The first-order chi connectivity index (χ1) is 13.2. The van der Waals surface area contributed by atoms with E-state index in [4.69, 9.17) is 4.98 Å². The average molecular weight is 384 g/mol. The molecule has 0 aromatic carbocycles. The number of rotatable bonds is 6. The van der Waals surface area contributed by atoms with Gasteiger partial charge in [-0.3, -0.25) is 4.98 Å². The molecule has 28 heavy (non-hydrogen) atoms. The van der Waals surface area contributed by atoms with Crippen molar-refractivity contribution in [2.24, 2.45) is 5.92 Å². The maximum absolute atomic E-state index is 12.5. The lowest BCUT2D eigenvalue weighted by Crippen LogP contribution is -2.28. The van der Waals surface area contributed by atoms with E-state index in [0.29, 0.717) is 29.4 Å². The van der Waals surface area contributed by atoms with Gasteiger partial charge in [-0.05, 0) is 24.0 Å². The number of aliphatic hydroxyl groups is 1. The molecule has 0 aliphatic rings. The number of nitrogens with zero attached hydrogens (tertiary/aromatic N) is 4. The van der Waals surface area contributed by atoms with E-state index in [9.17, 15) is 9.90 Å². The zero-order chi connectivity index (χ0) is 20.5. The van der Waals surface area contributed by atoms with Gasteiger partial charge >= 0.3 is 5.69 Å². The Bertz CT molecular complexity index is 1000. The van der Waals surface area contributed by atoms with Crippen LogP contribution in [0.2, 0.25) is 0 Å². The van der Waals surface area contributed by atoms with E-state index in [1.165, 1.54) is 4.40 Å². The molecule has 1 unspecified atom stereocenters. The Labute approximate surface area is 164 Å². The molecular weight excluding hydrogens is 356 g/mol. The van der Waals surface area contributed by atoms with Gasteiger partial charge in [0.25, 0.3) is 0 Å². The Hall–Kier alpha value is -2.74. The normalized spacial score (nSPS) is 13.2. The SMILES string of the molecule is CC(C)C(O)c1c(C(C)(C)C)nc(NCCc2cccnc2)c2n[nH]c(=O)n12. The maximum atomic E-state index is 12.5. The van der Waals surface area contributed by atoms with Gasteiger partial charge in [0.1, 0.15) is 0 Å². The Morgan fingerprint density at radius 3 is 2.68 bits per heavy atom. The molecule has 0 saturated heterocycles. The van der Waals surface area contributed by atoms with E-state index < -0.39 is 6.10 Å². The van der Waals surface area contributed by atoms with Crippen LogP contribution in [0.1, 0.15) is 57.7 Å². The van der Waals surface area contributed by atoms with Gasteiger partial charge in [0.05, 0.1) is 17.5 Å². The molecule has 3 N–H and O–H groups in total. The topological polar surface area (TPSA) is 108 Å². The van der Waals surface area contributed by atoms with Crippen molar-refractivity contribution in [3.63, 3.8) is 0 Å². The second-order valence-corrected chi connectivity index (χ2v) is 8.36. The molecule has 8 heteroatoms. The number of aromatic amines is 1. The molecule has 0 amide bonds. The zero-order valence-electron chi connectivity index (χ0n) is 17.0. The number of fused-ring (bicyclic) bond motifs is 1. The van der Waals surface area contributed by atoms with Crippen molar-refractivity contribution < 1.29 is 5.11 Å². The largest absolute Gasteiger partial charge is 0.387 e. The molecule has 0 spiro atoms. The maximum Gasteiger partial charge on any atom is 0.348 e. The van der Waals surface area contributed by atoms with Crippen molar-refractivity contribution in [3.05, 3.63) is 52.0 Å². The number of hydrogen-bond acceptors (Lipinski definition) is 6. The predicted molar refractivity (Wildman–Crippen MR) is 109 cm³/mol. The summed E-state index contributed by atoms with van der Waals surface area (Å²) in [5.41, 5.74) is 1.92. The van der Waals surface area contributed by atoms with Crippen LogP contribution in [0.5, 0.6) is 0 Å². The number of aromatic nitrogens is 5. The monoisotopic (exact) mass is 384 g/mol. The summed E-state index contributed by atoms with van der Waals surface area (Å²) in [6, 6.07) is 3.91. The molecule has 3 aromatic heterocycles. The number of H-pyrrole nitrogens is 1. The second-order valence-electron chi connectivity index (χ2n) is 8.36. The number of nitrogens with one attached hydrogen (secondary N) is 2. The number of pyridine rings is 1. The van der Waals surface area contributed by atoms with Gasteiger partial charge in [-0.1, -0.05) is 40.7 Å². The fourth-order valence-electron chi connectivity index (χ4n) is 3.13. The van der Waals surface area contributed by atoms with Gasteiger partial charge in [0.15, 0.2) is 5.82 Å². The van der Waals surface area contributed by atoms with Crippen LogP contribution in [0.25, 0.3) is 5.65 Å². The summed E-state index contributed by atoms with van der Waals surface area (Å²) >= 11 is 0. The van der Waals surface area contributed by atoms with Crippen LogP contribution in [0, 0.1) is 5.92 Å². The molecule has 0 fully saturated rings. The first kappa shape index (κ1) is 20.0. The van der Waals surface area contributed by atoms with Crippen molar-refractivity contribution in [2.75, 3.05) is 11.9 Å². The van der Waals surface area contributed by atoms with Crippen LogP contribution in [-0.4, -0.2) is 36.2 Å². The number of anilines is 1. The summed E-state index contributed by atoms with van der Waals surface area (Å²) in [6.07, 6.45) is 3.50. The Kier molecular flexibility index (Phi) is 5.51. The highest BCUT2D eigenvalue weighted by molar-refractivity contribution is 5.63. The minimum absolute atomic E-state index is 0.0720. The third kappa shape index (κ3) is 3.91. The molecule has 0 aliphatic heterocycles. The van der Waals surface area contributed by atoms with Crippen molar-refractivity contribution in [1.82, 2.24) is 24.6 Å². The van der Waals surface area contributed by atoms with Crippen LogP contribution in [-0.2, 0) is 11.8 Å². The Morgan fingerprint density at radius 1 is 1.32 bits per heavy atom. The predicted octanol–water partition coefficient (Wildman–Crippen LogP) is 2.45. The van der Waals surface area contributed by atoms with Crippen LogP contribution in [0.15, 0.2) is 29.3 Å². The van der Waals surface area contributed by atoms with Crippen LogP contribution < -0.4 is 11.0 Å². The minimum atomic E-state index is -0.830. The Balaban J connectivity index is 2.06. The van der Waals surface area contributed by atoms with Crippen LogP contribution in [0.3, 0.4) is 0 Å². The van der Waals surface area contributed by atoms with E-state index >= 15 is 0 Å². The molecule has 8 nitrogen and oxygen atoms in total. The third-order valence-corrected chi connectivity index (χ3v) is 4.64. The molecule has 0 aliphatic carbocycles. The van der Waals surface area contributed by atoms with Crippen molar-refractivity contribution in [1.29, 1.82) is 0 Å². The highest BCUT2D eigenvalue weighted by Crippen LogP contribution is 2.33. The van der Waals surface area contributed by atoms with Crippen molar-refractivity contribution >= 4 is 11.5 Å². The quantitative estimate of drug-likeness (QED) is 0.602. The molecule has 3 aromatic rings. The van der Waals surface area contributed by atoms with E-state index in [2.05, 4.69) is 20.5 Å². The minimum Gasteiger partial charge on any atom is -0.387 e. The fourth-order valence-corrected chi connectivity index (χ4v) is 3.13. The fraction of sp³-hybridized carbons (Fsp3) is 0.500. The van der Waals surface area contributed by atoms with E-state index in [-0.39, 0.29) is 17.0 Å². The molecule has 3 heterocycles. The highest BCUT2D eigenvalue weighted by Gasteiger charge is 2.30. The summed E-state index contributed by atoms with van der Waals surface area (Å²) in [5.74, 6) is 0.448. The molecule has 1 atom stereocenters. The summed E-state index contributed by atoms with van der Waals surface area (Å²) in [7, 11) is 0.